The van der Waals surface area contributed by atoms with E-state index in [-0.39, 0.29) is 5.92 Å². The Hall–Kier alpha value is -0.530. The van der Waals surface area contributed by atoms with Gasteiger partial charge in [0.25, 0.3) is 0 Å². The molecule has 0 N–H and O–H groups in total. The second kappa shape index (κ2) is 3.47. The summed E-state index contributed by atoms with van der Waals surface area (Å²) < 4.78 is 0. The maximum Gasteiger partial charge on any atom is 0.0442 e. The molecule has 8 heavy (non-hydrogen) atoms. The smallest absolute Gasteiger partial charge is 0.0442 e. The van der Waals surface area contributed by atoms with E-state index in [0.717, 1.165) is 12.8 Å². The zero-order valence-electron chi connectivity index (χ0n) is 5.31. The minimum atomic E-state index is -0.938. The molecule has 2 heteroatoms. The number of hydrogen-bond acceptors (Lipinski definition) is 2. The molecule has 2 nitrogen and oxygen atoms in total. The minimum Gasteiger partial charge on any atom is -0.550 e. The SMILES string of the molecule is CCC[C@H](C)C(=O)[O-]. The highest BCUT2D eigenvalue weighted by molar-refractivity contribution is 5.66. The van der Waals surface area contributed by atoms with Crippen LogP contribution in [0.25, 0.3) is 0 Å². The molecule has 0 aliphatic carbocycles. The third-order valence-electron chi connectivity index (χ3n) is 1.12. The van der Waals surface area contributed by atoms with Crippen molar-refractivity contribution in [1.82, 2.24) is 0 Å². The van der Waals surface area contributed by atoms with E-state index >= 15 is 0 Å². The van der Waals surface area contributed by atoms with Crippen molar-refractivity contribution in [2.45, 2.75) is 26.7 Å². The highest BCUT2D eigenvalue weighted by Gasteiger charge is 1.97. The van der Waals surface area contributed by atoms with Gasteiger partial charge in [0, 0.05) is 5.97 Å². The fourth-order valence-electron chi connectivity index (χ4n) is 0.551. The maximum absolute atomic E-state index is 9.98. The number of hydrogen-bond donors (Lipinski definition) is 0. The fraction of sp³-hybridized carbons (Fsp3) is 0.833. The molecule has 48 valence electrons. The Morgan fingerprint density at radius 3 is 2.38 bits per heavy atom. The Labute approximate surface area is 49.5 Å². The Bertz CT molecular complexity index is 78.6. The van der Waals surface area contributed by atoms with Crippen LogP contribution in [0.5, 0.6) is 0 Å². The summed E-state index contributed by atoms with van der Waals surface area (Å²) in [5.74, 6) is -1.22. The van der Waals surface area contributed by atoms with Crippen LogP contribution in [0, 0.1) is 5.92 Å². The molecule has 0 aliphatic heterocycles. The van der Waals surface area contributed by atoms with Crippen molar-refractivity contribution in [3.8, 4) is 0 Å². The maximum atomic E-state index is 9.98. The van der Waals surface area contributed by atoms with Crippen LogP contribution in [0.2, 0.25) is 0 Å². The number of carboxylic acid groups (broad SMARTS) is 1. The van der Waals surface area contributed by atoms with Gasteiger partial charge >= 0.3 is 0 Å². The summed E-state index contributed by atoms with van der Waals surface area (Å²) in [4.78, 5) is 9.98. The number of carbonyl (C=O) groups is 1. The monoisotopic (exact) mass is 115 g/mol. The second-order valence-corrected chi connectivity index (χ2v) is 2.01. The average molecular weight is 115 g/mol. The zero-order chi connectivity index (χ0) is 6.57. The molecule has 1 atom stereocenters. The summed E-state index contributed by atoms with van der Waals surface area (Å²) in [5.41, 5.74) is 0. The molecule has 0 radical (unpaired) electrons. The molecule has 0 bridgehead atoms. The molecule has 0 aromatic carbocycles. The number of aliphatic carboxylic acids is 1. The van der Waals surface area contributed by atoms with Gasteiger partial charge in [-0.25, -0.2) is 0 Å². The van der Waals surface area contributed by atoms with Crippen LogP contribution in [0.3, 0.4) is 0 Å². The Morgan fingerprint density at radius 2 is 2.25 bits per heavy atom. The summed E-state index contributed by atoms with van der Waals surface area (Å²) in [5, 5.41) is 9.98. The van der Waals surface area contributed by atoms with Crippen LogP contribution in [0.15, 0.2) is 0 Å². The van der Waals surface area contributed by atoms with Crippen molar-refractivity contribution >= 4 is 5.97 Å². The first-order valence-corrected chi connectivity index (χ1v) is 2.89. The Morgan fingerprint density at radius 1 is 1.75 bits per heavy atom. The molecular formula is C6H11O2-. The average Bonchev–Trinajstić information content (AvgIpc) is 1.67. The van der Waals surface area contributed by atoms with Crippen LogP contribution in [-0.4, -0.2) is 5.97 Å². The number of rotatable bonds is 3. The molecule has 0 fully saturated rings. The summed E-state index contributed by atoms with van der Waals surface area (Å²) in [6.07, 6.45) is 1.64. The lowest BCUT2D eigenvalue weighted by Crippen LogP contribution is -2.29. The highest BCUT2D eigenvalue weighted by atomic mass is 16.4. The van der Waals surface area contributed by atoms with Crippen molar-refractivity contribution in [1.29, 1.82) is 0 Å². The first-order chi connectivity index (χ1) is 3.68. The van der Waals surface area contributed by atoms with E-state index in [1.165, 1.54) is 0 Å². The lowest BCUT2D eigenvalue weighted by Gasteiger charge is -2.08. The van der Waals surface area contributed by atoms with Gasteiger partial charge in [0.2, 0.25) is 0 Å². The normalized spacial score (nSPS) is 13.2. The fourth-order valence-corrected chi connectivity index (χ4v) is 0.551. The van der Waals surface area contributed by atoms with E-state index < -0.39 is 5.97 Å². The molecule has 0 unspecified atom stereocenters. The Kier molecular flexibility index (Phi) is 3.24. The number of carbonyl (C=O) groups excluding carboxylic acids is 1. The topological polar surface area (TPSA) is 40.1 Å². The van der Waals surface area contributed by atoms with E-state index in [0.29, 0.717) is 0 Å². The van der Waals surface area contributed by atoms with E-state index in [1.54, 1.807) is 6.92 Å². The molecule has 0 amide bonds. The summed E-state index contributed by atoms with van der Waals surface area (Å²) in [6, 6.07) is 0. The predicted molar refractivity (Wildman–Crippen MR) is 29.1 cm³/mol. The Balaban J connectivity index is 3.32. The first kappa shape index (κ1) is 7.47. The van der Waals surface area contributed by atoms with Crippen LogP contribution in [0.1, 0.15) is 26.7 Å². The summed E-state index contributed by atoms with van der Waals surface area (Å²) in [6.45, 7) is 3.62. The molecule has 0 aromatic heterocycles. The van der Waals surface area contributed by atoms with Crippen LogP contribution in [0.4, 0.5) is 0 Å². The molecular weight excluding hydrogens is 104 g/mol. The van der Waals surface area contributed by atoms with E-state index in [4.69, 9.17) is 0 Å². The van der Waals surface area contributed by atoms with Crippen molar-refractivity contribution in [2.24, 2.45) is 5.92 Å². The molecule has 0 saturated carbocycles. The van der Waals surface area contributed by atoms with E-state index in [9.17, 15) is 9.90 Å². The predicted octanol–water partition coefficient (Wildman–Crippen LogP) is 0.172. The standard InChI is InChI=1S/C6H12O2/c1-3-4-5(2)6(7)8/h5H,3-4H2,1-2H3,(H,7,8)/p-1/t5-/m0/s1. The first-order valence-electron chi connectivity index (χ1n) is 2.89. The molecule has 0 rings (SSSR count). The van der Waals surface area contributed by atoms with Crippen LogP contribution < -0.4 is 5.11 Å². The van der Waals surface area contributed by atoms with Crippen molar-refractivity contribution < 1.29 is 9.90 Å². The summed E-state index contributed by atoms with van der Waals surface area (Å²) in [7, 11) is 0. The van der Waals surface area contributed by atoms with Gasteiger partial charge in [-0.05, 0) is 12.3 Å². The van der Waals surface area contributed by atoms with Crippen LogP contribution >= 0.6 is 0 Å². The van der Waals surface area contributed by atoms with Gasteiger partial charge in [0.05, 0.1) is 0 Å². The van der Waals surface area contributed by atoms with Gasteiger partial charge < -0.3 is 9.90 Å². The molecule has 0 spiro atoms. The van der Waals surface area contributed by atoms with Crippen LogP contribution in [-0.2, 0) is 4.79 Å². The second-order valence-electron chi connectivity index (χ2n) is 2.01. The van der Waals surface area contributed by atoms with Gasteiger partial charge in [-0.15, -0.1) is 0 Å². The van der Waals surface area contributed by atoms with Gasteiger partial charge in [0.15, 0.2) is 0 Å². The van der Waals surface area contributed by atoms with Crippen molar-refractivity contribution in [3.05, 3.63) is 0 Å². The van der Waals surface area contributed by atoms with Gasteiger partial charge in [0.1, 0.15) is 0 Å². The quantitative estimate of drug-likeness (QED) is 0.526. The molecule has 0 aromatic rings. The summed E-state index contributed by atoms with van der Waals surface area (Å²) >= 11 is 0. The van der Waals surface area contributed by atoms with Gasteiger partial charge in [-0.2, -0.15) is 0 Å². The van der Waals surface area contributed by atoms with E-state index in [2.05, 4.69) is 0 Å². The van der Waals surface area contributed by atoms with Crippen molar-refractivity contribution in [3.63, 3.8) is 0 Å². The highest BCUT2D eigenvalue weighted by Crippen LogP contribution is 2.01. The lowest BCUT2D eigenvalue weighted by molar-refractivity contribution is -0.311. The van der Waals surface area contributed by atoms with Crippen molar-refractivity contribution in [2.75, 3.05) is 0 Å². The lowest BCUT2D eigenvalue weighted by atomic mass is 10.1. The molecule has 0 heterocycles. The third-order valence-corrected chi connectivity index (χ3v) is 1.12. The molecule has 0 aliphatic rings. The zero-order valence-corrected chi connectivity index (χ0v) is 5.31. The minimum absolute atomic E-state index is 0.278. The number of carboxylic acids is 1. The van der Waals surface area contributed by atoms with Gasteiger partial charge in [-0.3, -0.25) is 0 Å². The largest absolute Gasteiger partial charge is 0.550 e. The molecule has 0 saturated heterocycles. The third kappa shape index (κ3) is 2.61. The van der Waals surface area contributed by atoms with E-state index in [1.807, 2.05) is 6.92 Å². The van der Waals surface area contributed by atoms with Gasteiger partial charge in [-0.1, -0.05) is 20.3 Å².